The van der Waals surface area contributed by atoms with Gasteiger partial charge in [0.05, 0.1) is 23.3 Å². The summed E-state index contributed by atoms with van der Waals surface area (Å²) in [6.07, 6.45) is 1.43. The van der Waals surface area contributed by atoms with Crippen LogP contribution in [0.25, 0.3) is 0 Å². The van der Waals surface area contributed by atoms with E-state index >= 15 is 0 Å². The lowest BCUT2D eigenvalue weighted by molar-refractivity contribution is -0.120. The molecule has 4 rings (SSSR count). The zero-order valence-electron chi connectivity index (χ0n) is 18.9. The first-order valence-electron chi connectivity index (χ1n) is 10.3. The fraction of sp³-hybridized carbons (Fsp3) is 0.0870. The van der Waals surface area contributed by atoms with Crippen molar-refractivity contribution in [1.82, 2.24) is 9.97 Å². The first kappa shape index (κ1) is 24.8. The maximum atomic E-state index is 13.0. The number of aromatic nitrogens is 2. The minimum absolute atomic E-state index is 0.0658. The van der Waals surface area contributed by atoms with Crippen molar-refractivity contribution in [1.29, 1.82) is 0 Å². The van der Waals surface area contributed by atoms with Crippen LogP contribution in [0.3, 0.4) is 0 Å². The second-order valence-corrected chi connectivity index (χ2v) is 9.51. The van der Waals surface area contributed by atoms with E-state index in [9.17, 15) is 22.8 Å². The summed E-state index contributed by atoms with van der Waals surface area (Å²) in [5.41, 5.74) is 1.19. The average Bonchev–Trinajstić information content (AvgIpc) is 3.06. The number of nitrogens with zero attached hydrogens (tertiary/aromatic N) is 3. The lowest BCUT2D eigenvalue weighted by atomic mass is 10.2. The Bertz CT molecular complexity index is 1500. The van der Waals surface area contributed by atoms with Gasteiger partial charge in [-0.05, 0) is 61.5 Å². The van der Waals surface area contributed by atoms with Crippen LogP contribution in [0.5, 0.6) is 0 Å². The first-order valence-corrected chi connectivity index (χ1v) is 12.1. The number of benzene rings is 2. The van der Waals surface area contributed by atoms with Crippen LogP contribution in [0.2, 0.25) is 0 Å². The number of anilines is 3. The minimum Gasteiger partial charge on any atom is -0.465 e. The molecule has 0 spiro atoms. The number of sulfonamides is 1. The summed E-state index contributed by atoms with van der Waals surface area (Å²) in [5.74, 6) is -2.10. The van der Waals surface area contributed by atoms with E-state index in [0.717, 1.165) is 4.90 Å². The van der Waals surface area contributed by atoms with Gasteiger partial charge in [-0.25, -0.2) is 32.8 Å². The molecule has 11 nitrogen and oxygen atoms in total. The van der Waals surface area contributed by atoms with E-state index in [1.165, 1.54) is 61.8 Å². The van der Waals surface area contributed by atoms with Gasteiger partial charge in [0.15, 0.2) is 0 Å². The molecule has 36 heavy (non-hydrogen) atoms. The molecule has 0 bridgehead atoms. The lowest BCUT2D eigenvalue weighted by Crippen LogP contribution is -2.32. The number of methoxy groups -OCH3 is 1. The number of imide groups is 1. The van der Waals surface area contributed by atoms with Gasteiger partial charge >= 0.3 is 5.97 Å². The maximum Gasteiger partial charge on any atom is 0.337 e. The van der Waals surface area contributed by atoms with Crippen LogP contribution in [0, 0.1) is 6.92 Å². The SMILES string of the molecule is COC(=O)c1ccc(N2C(=O)C(Cl)=C(Nc3ccc(S(=O)(=O)Nc4nccc(C)n4)cc3)C2=O)cc1. The number of ether oxygens (including phenoxy) is 1. The first-order chi connectivity index (χ1) is 17.1. The van der Waals surface area contributed by atoms with Gasteiger partial charge in [-0.2, -0.15) is 0 Å². The van der Waals surface area contributed by atoms with Crippen LogP contribution in [0.1, 0.15) is 16.1 Å². The molecular formula is C23H18ClN5O6S. The quantitative estimate of drug-likeness (QED) is 0.349. The van der Waals surface area contributed by atoms with E-state index in [1.54, 1.807) is 13.0 Å². The molecule has 0 saturated heterocycles. The molecule has 0 aliphatic carbocycles. The van der Waals surface area contributed by atoms with E-state index in [4.69, 9.17) is 11.6 Å². The number of aryl methyl sites for hydroxylation is 1. The Morgan fingerprint density at radius 2 is 1.67 bits per heavy atom. The normalized spacial score (nSPS) is 13.7. The Morgan fingerprint density at radius 3 is 2.28 bits per heavy atom. The second-order valence-electron chi connectivity index (χ2n) is 7.45. The Morgan fingerprint density at radius 1 is 1.00 bits per heavy atom. The number of amides is 2. The van der Waals surface area contributed by atoms with Crippen molar-refractivity contribution in [2.75, 3.05) is 22.0 Å². The molecule has 0 radical (unpaired) electrons. The van der Waals surface area contributed by atoms with Gasteiger partial charge in [0.25, 0.3) is 21.8 Å². The molecule has 1 aromatic heterocycles. The lowest BCUT2D eigenvalue weighted by Gasteiger charge is -2.15. The molecule has 3 aromatic rings. The number of esters is 1. The molecule has 0 saturated carbocycles. The van der Waals surface area contributed by atoms with E-state index in [1.807, 2.05) is 0 Å². The van der Waals surface area contributed by atoms with E-state index in [0.29, 0.717) is 11.4 Å². The fourth-order valence-corrected chi connectivity index (χ4v) is 4.41. The van der Waals surface area contributed by atoms with E-state index < -0.39 is 27.8 Å². The summed E-state index contributed by atoms with van der Waals surface area (Å²) < 4.78 is 32.2. The van der Waals surface area contributed by atoms with Crippen LogP contribution in [-0.4, -0.2) is 43.3 Å². The van der Waals surface area contributed by atoms with Gasteiger partial charge in [-0.15, -0.1) is 0 Å². The van der Waals surface area contributed by atoms with Crippen molar-refractivity contribution in [3.05, 3.63) is 82.8 Å². The number of halogens is 1. The molecule has 1 aliphatic rings. The molecule has 0 unspecified atom stereocenters. The second kappa shape index (κ2) is 9.76. The molecule has 0 atom stereocenters. The number of hydrogen-bond donors (Lipinski definition) is 2. The molecule has 2 heterocycles. The van der Waals surface area contributed by atoms with Crippen molar-refractivity contribution in [3.8, 4) is 0 Å². The molecule has 2 aromatic carbocycles. The highest BCUT2D eigenvalue weighted by atomic mass is 35.5. The Hall–Kier alpha value is -4.29. The van der Waals surface area contributed by atoms with E-state index in [2.05, 4.69) is 24.7 Å². The van der Waals surface area contributed by atoms with Crippen molar-refractivity contribution >= 4 is 56.7 Å². The predicted molar refractivity (Wildman–Crippen MR) is 131 cm³/mol. The number of hydrogen-bond acceptors (Lipinski definition) is 9. The molecule has 1 aliphatic heterocycles. The van der Waals surface area contributed by atoms with Gasteiger partial charge in [-0.1, -0.05) is 11.6 Å². The molecule has 0 fully saturated rings. The smallest absolute Gasteiger partial charge is 0.337 e. The molecule has 2 amide bonds. The summed E-state index contributed by atoms with van der Waals surface area (Å²) in [6.45, 7) is 1.70. The molecule has 184 valence electrons. The van der Waals surface area contributed by atoms with Crippen LogP contribution in [0.4, 0.5) is 17.3 Å². The van der Waals surface area contributed by atoms with Gasteiger partial charge in [0.2, 0.25) is 5.95 Å². The minimum atomic E-state index is -3.96. The van der Waals surface area contributed by atoms with Crippen LogP contribution in [-0.2, 0) is 24.3 Å². The molecule has 13 heteroatoms. The van der Waals surface area contributed by atoms with Gasteiger partial charge in [-0.3, -0.25) is 9.59 Å². The third-order valence-electron chi connectivity index (χ3n) is 5.03. The molecular weight excluding hydrogens is 510 g/mol. The highest BCUT2D eigenvalue weighted by molar-refractivity contribution is 7.92. The summed E-state index contributed by atoms with van der Waals surface area (Å²) in [6, 6.07) is 12.7. The van der Waals surface area contributed by atoms with Crippen molar-refractivity contribution in [3.63, 3.8) is 0 Å². The standard InChI is InChI=1S/C23H18ClN5O6S/c1-13-11-12-25-23(26-13)28-36(33,34)17-9-5-15(6-10-17)27-19-18(24)20(30)29(21(19)31)16-7-3-14(4-8-16)22(32)35-2/h3-12,27H,1-2H3,(H,25,26,28). The average molecular weight is 528 g/mol. The van der Waals surface area contributed by atoms with Crippen molar-refractivity contribution < 1.29 is 27.5 Å². The molecule has 2 N–H and O–H groups in total. The Labute approximate surface area is 210 Å². The number of rotatable bonds is 7. The van der Waals surface area contributed by atoms with Crippen molar-refractivity contribution in [2.45, 2.75) is 11.8 Å². The highest BCUT2D eigenvalue weighted by Crippen LogP contribution is 2.30. The predicted octanol–water partition coefficient (Wildman–Crippen LogP) is 2.81. The van der Waals surface area contributed by atoms with Crippen LogP contribution < -0.4 is 14.9 Å². The Kier molecular flexibility index (Phi) is 6.73. The van der Waals surface area contributed by atoms with Gasteiger partial charge < -0.3 is 10.1 Å². The zero-order chi connectivity index (χ0) is 26.0. The summed E-state index contributed by atoms with van der Waals surface area (Å²) in [5, 5.41) is 2.43. The maximum absolute atomic E-state index is 13.0. The Balaban J connectivity index is 1.50. The van der Waals surface area contributed by atoms with Gasteiger partial charge in [0, 0.05) is 17.6 Å². The monoisotopic (exact) mass is 527 g/mol. The van der Waals surface area contributed by atoms with Crippen LogP contribution in [0.15, 0.2) is 76.4 Å². The largest absolute Gasteiger partial charge is 0.465 e. The highest BCUT2D eigenvalue weighted by Gasteiger charge is 2.39. The number of carbonyl (C=O) groups is 3. The van der Waals surface area contributed by atoms with Crippen molar-refractivity contribution in [2.24, 2.45) is 0 Å². The van der Waals surface area contributed by atoms with Gasteiger partial charge in [0.1, 0.15) is 10.7 Å². The summed E-state index contributed by atoms with van der Waals surface area (Å²) in [7, 11) is -2.73. The van der Waals surface area contributed by atoms with E-state index in [-0.39, 0.29) is 32.8 Å². The third-order valence-corrected chi connectivity index (χ3v) is 6.72. The fourth-order valence-electron chi connectivity index (χ4n) is 3.25. The topological polar surface area (TPSA) is 148 Å². The zero-order valence-corrected chi connectivity index (χ0v) is 20.4. The summed E-state index contributed by atoms with van der Waals surface area (Å²) >= 11 is 6.14. The number of carbonyl (C=O) groups excluding carboxylic acids is 3. The summed E-state index contributed by atoms with van der Waals surface area (Å²) in [4.78, 5) is 45.9. The third kappa shape index (κ3) is 4.90. The number of nitrogens with one attached hydrogen (secondary N) is 2. The van der Waals surface area contributed by atoms with Crippen LogP contribution >= 0.6 is 11.6 Å².